The number of hydrogen-bond acceptors (Lipinski definition) is 4. The Balaban J connectivity index is 1.49. The lowest BCUT2D eigenvalue weighted by atomic mass is 9.85. The largest absolute Gasteiger partial charge is 0.497 e. The molecule has 25 heavy (non-hydrogen) atoms. The van der Waals surface area contributed by atoms with Crippen molar-refractivity contribution in [3.8, 4) is 5.75 Å². The van der Waals surface area contributed by atoms with Gasteiger partial charge in [-0.3, -0.25) is 19.4 Å². The molecule has 2 amide bonds. The van der Waals surface area contributed by atoms with E-state index in [0.717, 1.165) is 25.1 Å². The molecule has 2 aliphatic heterocycles. The van der Waals surface area contributed by atoms with Gasteiger partial charge in [-0.1, -0.05) is 24.3 Å². The van der Waals surface area contributed by atoms with Crippen molar-refractivity contribution in [3.05, 3.63) is 42.0 Å². The molecule has 0 spiro atoms. The number of allylic oxidation sites excluding steroid dienone is 2. The summed E-state index contributed by atoms with van der Waals surface area (Å²) in [5.74, 6) is 0.591. The molecule has 1 aliphatic carbocycles. The summed E-state index contributed by atoms with van der Waals surface area (Å²) >= 11 is 0. The highest BCUT2D eigenvalue weighted by Gasteiger charge is 2.48. The average Bonchev–Trinajstić information content (AvgIpc) is 3.21. The van der Waals surface area contributed by atoms with Crippen LogP contribution in [-0.4, -0.2) is 41.9 Å². The number of imide groups is 1. The maximum absolute atomic E-state index is 12.7. The van der Waals surface area contributed by atoms with Gasteiger partial charge in [0.25, 0.3) is 0 Å². The quantitative estimate of drug-likeness (QED) is 0.625. The van der Waals surface area contributed by atoms with Crippen LogP contribution in [0.5, 0.6) is 5.75 Å². The van der Waals surface area contributed by atoms with Gasteiger partial charge in [-0.25, -0.2) is 0 Å². The Morgan fingerprint density at radius 3 is 2.28 bits per heavy atom. The fraction of sp³-hybridized carbons (Fsp3) is 0.500. The van der Waals surface area contributed by atoms with Crippen molar-refractivity contribution in [1.29, 1.82) is 0 Å². The number of carbonyl (C=O) groups is 2. The molecule has 5 nitrogen and oxygen atoms in total. The maximum atomic E-state index is 12.7. The molecule has 0 bridgehead atoms. The lowest BCUT2D eigenvalue weighted by Gasteiger charge is -2.29. The van der Waals surface area contributed by atoms with E-state index < -0.39 is 0 Å². The van der Waals surface area contributed by atoms with E-state index in [4.69, 9.17) is 4.74 Å². The second kappa shape index (κ2) is 6.64. The molecule has 0 unspecified atom stereocenters. The second-order valence-corrected chi connectivity index (χ2v) is 7.15. The van der Waals surface area contributed by atoms with Crippen LogP contribution in [0.3, 0.4) is 0 Å². The van der Waals surface area contributed by atoms with Gasteiger partial charge in [0, 0.05) is 12.6 Å². The van der Waals surface area contributed by atoms with E-state index in [1.807, 2.05) is 24.3 Å². The summed E-state index contributed by atoms with van der Waals surface area (Å²) in [7, 11) is 1.66. The highest BCUT2D eigenvalue weighted by molar-refractivity contribution is 6.05. The molecule has 2 fully saturated rings. The van der Waals surface area contributed by atoms with Gasteiger partial charge >= 0.3 is 0 Å². The third-order valence-corrected chi connectivity index (χ3v) is 5.79. The molecule has 132 valence electrons. The van der Waals surface area contributed by atoms with Gasteiger partial charge in [0.15, 0.2) is 0 Å². The number of carbonyl (C=O) groups excluding carboxylic acids is 2. The molecule has 1 aromatic rings. The van der Waals surface area contributed by atoms with Crippen LogP contribution in [0.4, 0.5) is 0 Å². The van der Waals surface area contributed by atoms with Crippen LogP contribution < -0.4 is 4.74 Å². The van der Waals surface area contributed by atoms with E-state index in [-0.39, 0.29) is 29.7 Å². The summed E-state index contributed by atoms with van der Waals surface area (Å²) in [6.45, 7) is 1.34. The van der Waals surface area contributed by atoms with Gasteiger partial charge in [-0.15, -0.1) is 0 Å². The van der Waals surface area contributed by atoms with Crippen molar-refractivity contribution in [2.75, 3.05) is 20.3 Å². The van der Waals surface area contributed by atoms with Gasteiger partial charge in [0.2, 0.25) is 11.8 Å². The maximum Gasteiger partial charge on any atom is 0.234 e. The zero-order valence-electron chi connectivity index (χ0n) is 14.6. The van der Waals surface area contributed by atoms with E-state index >= 15 is 0 Å². The molecule has 0 saturated carbocycles. The molecule has 2 saturated heterocycles. The number of ether oxygens (including phenoxy) is 1. The van der Waals surface area contributed by atoms with E-state index in [1.165, 1.54) is 10.5 Å². The van der Waals surface area contributed by atoms with Crippen LogP contribution in [0, 0.1) is 11.8 Å². The highest BCUT2D eigenvalue weighted by atomic mass is 16.5. The number of rotatable bonds is 4. The molecule has 0 radical (unpaired) electrons. The normalized spacial score (nSPS) is 29.3. The van der Waals surface area contributed by atoms with E-state index in [9.17, 15) is 9.59 Å². The second-order valence-electron chi connectivity index (χ2n) is 7.15. The van der Waals surface area contributed by atoms with E-state index in [0.29, 0.717) is 19.5 Å². The van der Waals surface area contributed by atoms with Crippen LogP contribution in [-0.2, 0) is 9.59 Å². The average molecular weight is 340 g/mol. The molecule has 0 aromatic heterocycles. The summed E-state index contributed by atoms with van der Waals surface area (Å²) in [6.07, 6.45) is 7.61. The number of likely N-dealkylation sites (tertiary alicyclic amines) is 2. The highest BCUT2D eigenvalue weighted by Crippen LogP contribution is 2.38. The van der Waals surface area contributed by atoms with Crippen molar-refractivity contribution in [3.63, 3.8) is 0 Å². The van der Waals surface area contributed by atoms with Gasteiger partial charge in [-0.2, -0.15) is 0 Å². The van der Waals surface area contributed by atoms with Crippen LogP contribution in [0.15, 0.2) is 36.4 Å². The van der Waals surface area contributed by atoms with Crippen molar-refractivity contribution in [2.45, 2.75) is 31.7 Å². The summed E-state index contributed by atoms with van der Waals surface area (Å²) in [4.78, 5) is 29.2. The lowest BCUT2D eigenvalue weighted by Crippen LogP contribution is -2.41. The SMILES string of the molecule is COc1ccc([C@@H]2CCCN2CN2C(=O)[C@H]3CC=CC[C@@H]3C2=O)cc1. The van der Waals surface area contributed by atoms with Crippen LogP contribution in [0.1, 0.15) is 37.3 Å². The first kappa shape index (κ1) is 16.3. The molecule has 2 heterocycles. The Labute approximate surface area is 148 Å². The zero-order chi connectivity index (χ0) is 17.4. The topological polar surface area (TPSA) is 49.9 Å². The molecular weight excluding hydrogens is 316 g/mol. The number of amides is 2. The van der Waals surface area contributed by atoms with Gasteiger partial charge in [-0.05, 0) is 43.4 Å². The first-order valence-corrected chi connectivity index (χ1v) is 9.07. The molecule has 4 rings (SSSR count). The predicted molar refractivity (Wildman–Crippen MR) is 93.7 cm³/mol. The van der Waals surface area contributed by atoms with Crippen molar-refractivity contribution in [1.82, 2.24) is 9.80 Å². The summed E-state index contributed by atoms with van der Waals surface area (Å²) in [6, 6.07) is 8.36. The van der Waals surface area contributed by atoms with E-state index in [1.54, 1.807) is 7.11 Å². The Kier molecular flexibility index (Phi) is 4.34. The number of nitrogens with zero attached hydrogens (tertiary/aromatic N) is 2. The fourth-order valence-electron chi connectivity index (χ4n) is 4.39. The minimum atomic E-state index is -0.139. The van der Waals surface area contributed by atoms with Crippen LogP contribution in [0.2, 0.25) is 0 Å². The Morgan fingerprint density at radius 2 is 1.68 bits per heavy atom. The van der Waals surface area contributed by atoms with Crippen molar-refractivity contribution < 1.29 is 14.3 Å². The first-order valence-electron chi connectivity index (χ1n) is 9.07. The standard InChI is InChI=1S/C20H24N2O3/c1-25-15-10-8-14(9-11-15)18-7-4-12-21(18)13-22-19(23)16-5-2-3-6-17(16)20(22)24/h2-3,8-11,16-18H,4-7,12-13H2,1H3/t16-,17-,18-/m0/s1. The number of fused-ring (bicyclic) bond motifs is 1. The predicted octanol–water partition coefficient (Wildman–Crippen LogP) is 2.74. The smallest absolute Gasteiger partial charge is 0.234 e. The minimum absolute atomic E-state index is 0.0136. The van der Waals surface area contributed by atoms with Gasteiger partial charge < -0.3 is 4.74 Å². The number of methoxy groups -OCH3 is 1. The summed E-state index contributed by atoms with van der Waals surface area (Å²) in [5.41, 5.74) is 1.22. The first-order chi connectivity index (χ1) is 12.2. The Hall–Kier alpha value is -2.14. The molecule has 3 aliphatic rings. The summed E-state index contributed by atoms with van der Waals surface area (Å²) in [5, 5.41) is 0. The fourth-order valence-corrected chi connectivity index (χ4v) is 4.39. The molecule has 5 heteroatoms. The Morgan fingerprint density at radius 1 is 1.04 bits per heavy atom. The Bertz CT molecular complexity index is 671. The van der Waals surface area contributed by atoms with Gasteiger partial charge in [0.05, 0.1) is 25.6 Å². The summed E-state index contributed by atoms with van der Waals surface area (Å²) < 4.78 is 5.23. The lowest BCUT2D eigenvalue weighted by molar-refractivity contribution is -0.142. The monoisotopic (exact) mass is 340 g/mol. The van der Waals surface area contributed by atoms with Crippen molar-refractivity contribution >= 4 is 11.8 Å². The molecular formula is C20H24N2O3. The van der Waals surface area contributed by atoms with Crippen molar-refractivity contribution in [2.24, 2.45) is 11.8 Å². The zero-order valence-corrected chi connectivity index (χ0v) is 14.6. The van der Waals surface area contributed by atoms with Crippen LogP contribution >= 0.6 is 0 Å². The van der Waals surface area contributed by atoms with E-state index in [2.05, 4.69) is 17.0 Å². The number of benzene rings is 1. The molecule has 3 atom stereocenters. The molecule has 0 N–H and O–H groups in total. The third-order valence-electron chi connectivity index (χ3n) is 5.79. The third kappa shape index (κ3) is 2.86. The van der Waals surface area contributed by atoms with Gasteiger partial charge in [0.1, 0.15) is 5.75 Å². The molecule has 1 aromatic carbocycles. The van der Waals surface area contributed by atoms with Crippen LogP contribution in [0.25, 0.3) is 0 Å². The minimum Gasteiger partial charge on any atom is -0.497 e. The number of hydrogen-bond donors (Lipinski definition) is 0.